The minimum absolute atomic E-state index is 0.158. The lowest BCUT2D eigenvalue weighted by atomic mass is 9.95. The van der Waals surface area contributed by atoms with Crippen LogP contribution >= 0.6 is 0 Å². The molecule has 35 heavy (non-hydrogen) atoms. The zero-order valence-corrected chi connectivity index (χ0v) is 21.7. The SMILES string of the molecule is CCOC(=O)C1(c2ccc(NC(=O)[C@H]3CCCN(S(=O)(=O)c4c(C)cc(C)cc4C)C3)cc2)CC1. The first-order chi connectivity index (χ1) is 16.6. The zero-order chi connectivity index (χ0) is 25.4. The van der Waals surface area contributed by atoms with Gasteiger partial charge >= 0.3 is 5.97 Å². The van der Waals surface area contributed by atoms with Gasteiger partial charge in [-0.2, -0.15) is 4.31 Å². The number of nitrogens with one attached hydrogen (secondary N) is 1. The van der Waals surface area contributed by atoms with Gasteiger partial charge in [0.25, 0.3) is 0 Å². The van der Waals surface area contributed by atoms with E-state index in [4.69, 9.17) is 4.74 Å². The topological polar surface area (TPSA) is 92.8 Å². The molecule has 0 bridgehead atoms. The van der Waals surface area contributed by atoms with Crippen LogP contribution in [0.4, 0.5) is 5.69 Å². The van der Waals surface area contributed by atoms with Crippen molar-refractivity contribution in [2.75, 3.05) is 25.0 Å². The molecule has 1 aliphatic heterocycles. The second-order valence-corrected chi connectivity index (χ2v) is 11.7. The van der Waals surface area contributed by atoms with Gasteiger partial charge in [0.05, 0.1) is 22.8 Å². The molecule has 1 heterocycles. The Morgan fingerprint density at radius 3 is 2.29 bits per heavy atom. The van der Waals surface area contributed by atoms with Gasteiger partial charge in [0.15, 0.2) is 0 Å². The highest BCUT2D eigenvalue weighted by molar-refractivity contribution is 7.89. The number of hydrogen-bond donors (Lipinski definition) is 1. The highest BCUT2D eigenvalue weighted by Gasteiger charge is 2.52. The molecule has 1 N–H and O–H groups in total. The van der Waals surface area contributed by atoms with E-state index in [2.05, 4.69) is 5.32 Å². The maximum atomic E-state index is 13.5. The van der Waals surface area contributed by atoms with Gasteiger partial charge in [0.2, 0.25) is 15.9 Å². The van der Waals surface area contributed by atoms with Crippen molar-refractivity contribution in [3.8, 4) is 0 Å². The fourth-order valence-electron chi connectivity index (χ4n) is 5.20. The van der Waals surface area contributed by atoms with Gasteiger partial charge in [-0.25, -0.2) is 8.42 Å². The van der Waals surface area contributed by atoms with Crippen molar-refractivity contribution < 1.29 is 22.7 Å². The summed E-state index contributed by atoms with van der Waals surface area (Å²) in [5.74, 6) is -0.820. The van der Waals surface area contributed by atoms with Crippen LogP contribution in [-0.4, -0.2) is 44.3 Å². The number of carbonyl (C=O) groups excluding carboxylic acids is 2. The van der Waals surface area contributed by atoms with Crippen LogP contribution in [0, 0.1) is 26.7 Å². The summed E-state index contributed by atoms with van der Waals surface area (Å²) in [6, 6.07) is 11.1. The number of esters is 1. The van der Waals surface area contributed by atoms with Crippen LogP contribution in [0.5, 0.6) is 0 Å². The third-order valence-electron chi connectivity index (χ3n) is 7.08. The minimum atomic E-state index is -3.70. The number of sulfonamides is 1. The molecular weight excluding hydrogens is 464 g/mol. The zero-order valence-electron chi connectivity index (χ0n) is 20.9. The number of piperidine rings is 1. The van der Waals surface area contributed by atoms with Gasteiger partial charge < -0.3 is 10.1 Å². The van der Waals surface area contributed by atoms with Crippen molar-refractivity contribution in [3.63, 3.8) is 0 Å². The van der Waals surface area contributed by atoms with Crippen molar-refractivity contribution in [2.24, 2.45) is 5.92 Å². The monoisotopic (exact) mass is 498 g/mol. The Labute approximate surface area is 207 Å². The van der Waals surface area contributed by atoms with Gasteiger partial charge in [0, 0.05) is 18.8 Å². The van der Waals surface area contributed by atoms with Crippen LogP contribution in [0.1, 0.15) is 54.9 Å². The second kappa shape index (κ2) is 9.74. The number of anilines is 1. The van der Waals surface area contributed by atoms with Crippen molar-refractivity contribution in [2.45, 2.75) is 63.7 Å². The van der Waals surface area contributed by atoms with Gasteiger partial charge in [-0.15, -0.1) is 0 Å². The summed E-state index contributed by atoms with van der Waals surface area (Å²) in [4.78, 5) is 25.7. The fraction of sp³-hybridized carbons (Fsp3) is 0.481. The predicted octanol–water partition coefficient (Wildman–Crippen LogP) is 4.25. The van der Waals surface area contributed by atoms with Crippen LogP contribution in [0.3, 0.4) is 0 Å². The molecule has 4 rings (SSSR count). The number of ether oxygens (including phenoxy) is 1. The predicted molar refractivity (Wildman–Crippen MR) is 135 cm³/mol. The van der Waals surface area contributed by atoms with Crippen LogP contribution in [0.15, 0.2) is 41.3 Å². The Morgan fingerprint density at radius 1 is 1.09 bits per heavy atom. The molecule has 7 nitrogen and oxygen atoms in total. The van der Waals surface area contributed by atoms with Gasteiger partial charge in [-0.3, -0.25) is 9.59 Å². The second-order valence-electron chi connectivity index (χ2n) is 9.80. The molecule has 0 unspecified atom stereocenters. The van der Waals surface area contributed by atoms with Gasteiger partial charge in [-0.05, 0) is 82.2 Å². The van der Waals surface area contributed by atoms with Crippen LogP contribution in [-0.2, 0) is 29.8 Å². The van der Waals surface area contributed by atoms with Gasteiger partial charge in [0.1, 0.15) is 0 Å². The molecule has 2 aliphatic rings. The number of carbonyl (C=O) groups is 2. The van der Waals surface area contributed by atoms with Crippen LogP contribution in [0.25, 0.3) is 0 Å². The lowest BCUT2D eigenvalue weighted by molar-refractivity contribution is -0.146. The number of rotatable bonds is 7. The van der Waals surface area contributed by atoms with Crippen molar-refractivity contribution in [3.05, 3.63) is 58.7 Å². The Bertz CT molecular complexity index is 1210. The van der Waals surface area contributed by atoms with Crippen LogP contribution < -0.4 is 5.32 Å². The summed E-state index contributed by atoms with van der Waals surface area (Å²) in [5.41, 5.74) is 3.45. The molecule has 2 aromatic carbocycles. The maximum absolute atomic E-state index is 13.5. The van der Waals surface area contributed by atoms with Crippen molar-refractivity contribution >= 4 is 27.6 Å². The third-order valence-corrected chi connectivity index (χ3v) is 9.25. The molecule has 0 spiro atoms. The van der Waals surface area contributed by atoms with E-state index in [1.165, 1.54) is 4.31 Å². The van der Waals surface area contributed by atoms with Crippen molar-refractivity contribution in [1.82, 2.24) is 4.31 Å². The molecule has 0 radical (unpaired) electrons. The first-order valence-electron chi connectivity index (χ1n) is 12.2. The summed E-state index contributed by atoms with van der Waals surface area (Å²) in [7, 11) is -3.70. The molecule has 0 aromatic heterocycles. The Kier molecular flexibility index (Phi) is 7.06. The number of amides is 1. The van der Waals surface area contributed by atoms with E-state index in [9.17, 15) is 18.0 Å². The highest BCUT2D eigenvalue weighted by Crippen LogP contribution is 2.49. The summed E-state index contributed by atoms with van der Waals surface area (Å²) in [6.07, 6.45) is 2.80. The summed E-state index contributed by atoms with van der Waals surface area (Å²) < 4.78 is 33.6. The molecule has 2 aromatic rings. The van der Waals surface area contributed by atoms with E-state index in [0.717, 1.165) is 35.1 Å². The standard InChI is InChI=1S/C27H34N2O5S/c1-5-34-26(31)27(12-13-27)22-8-10-23(11-9-22)28-25(30)21-7-6-14-29(17-21)35(32,33)24-19(3)15-18(2)16-20(24)4/h8-11,15-16,21H,5-7,12-14,17H2,1-4H3,(H,28,30)/t21-/m0/s1. The maximum Gasteiger partial charge on any atom is 0.316 e. The molecule has 1 aliphatic carbocycles. The van der Waals surface area contributed by atoms with Crippen LogP contribution in [0.2, 0.25) is 0 Å². The van der Waals surface area contributed by atoms with E-state index >= 15 is 0 Å². The van der Waals surface area contributed by atoms with E-state index in [1.807, 2.05) is 45.0 Å². The van der Waals surface area contributed by atoms with Gasteiger partial charge in [-0.1, -0.05) is 29.8 Å². The normalized spacial score (nSPS) is 19.7. The Hall–Kier alpha value is -2.71. The minimum Gasteiger partial charge on any atom is -0.465 e. The average molecular weight is 499 g/mol. The molecule has 8 heteroatoms. The number of aryl methyl sites for hydroxylation is 3. The Morgan fingerprint density at radius 2 is 1.71 bits per heavy atom. The molecule has 1 atom stereocenters. The van der Waals surface area contributed by atoms with E-state index in [-0.39, 0.29) is 18.4 Å². The van der Waals surface area contributed by atoms with E-state index < -0.39 is 21.4 Å². The number of hydrogen-bond acceptors (Lipinski definition) is 5. The lowest BCUT2D eigenvalue weighted by Crippen LogP contribution is -2.44. The first kappa shape index (κ1) is 25.4. The highest BCUT2D eigenvalue weighted by atomic mass is 32.2. The fourth-order valence-corrected chi connectivity index (χ4v) is 7.13. The average Bonchev–Trinajstić information content (AvgIpc) is 3.61. The molecule has 2 fully saturated rings. The summed E-state index contributed by atoms with van der Waals surface area (Å²) in [6.45, 7) is 8.30. The summed E-state index contributed by atoms with van der Waals surface area (Å²) >= 11 is 0. The molecule has 1 amide bonds. The number of benzene rings is 2. The molecular formula is C27H34N2O5S. The molecule has 1 saturated carbocycles. The number of nitrogens with zero attached hydrogens (tertiary/aromatic N) is 1. The third kappa shape index (κ3) is 5.00. The Balaban J connectivity index is 1.44. The smallest absolute Gasteiger partial charge is 0.316 e. The largest absolute Gasteiger partial charge is 0.465 e. The quantitative estimate of drug-likeness (QED) is 0.576. The lowest BCUT2D eigenvalue weighted by Gasteiger charge is -2.32. The molecule has 1 saturated heterocycles. The van der Waals surface area contributed by atoms with E-state index in [0.29, 0.717) is 36.6 Å². The van der Waals surface area contributed by atoms with Crippen molar-refractivity contribution in [1.29, 1.82) is 0 Å². The molecule has 188 valence electrons. The first-order valence-corrected chi connectivity index (χ1v) is 13.7. The van der Waals surface area contributed by atoms with E-state index in [1.54, 1.807) is 19.1 Å². The summed E-state index contributed by atoms with van der Waals surface area (Å²) in [5, 5.41) is 2.93.